The first kappa shape index (κ1) is 21.8. The Morgan fingerprint density at radius 1 is 1.32 bits per heavy atom. The molecule has 3 unspecified atom stereocenters. The maximum absolute atomic E-state index is 14.5. The van der Waals surface area contributed by atoms with Crippen LogP contribution in [-0.2, 0) is 11.3 Å². The monoisotopic (exact) mass is 559 g/mol. The molecule has 3 aromatic rings. The van der Waals surface area contributed by atoms with Gasteiger partial charge in [0.15, 0.2) is 11.6 Å². The lowest BCUT2D eigenvalue weighted by atomic mass is 10.0. The van der Waals surface area contributed by atoms with Crippen LogP contribution in [0, 0.1) is 15.2 Å². The van der Waals surface area contributed by atoms with E-state index in [0.29, 0.717) is 14.7 Å². The fraction of sp³-hybridized carbons (Fsp3) is 0.211. The van der Waals surface area contributed by atoms with Gasteiger partial charge < -0.3 is 5.32 Å². The van der Waals surface area contributed by atoms with Gasteiger partial charge in [0.25, 0.3) is 5.56 Å². The fourth-order valence-corrected chi connectivity index (χ4v) is 4.13. The van der Waals surface area contributed by atoms with E-state index < -0.39 is 41.0 Å². The highest BCUT2D eigenvalue weighted by atomic mass is 127. The van der Waals surface area contributed by atoms with Crippen molar-refractivity contribution >= 4 is 43.6 Å². The van der Waals surface area contributed by atoms with E-state index in [-0.39, 0.29) is 17.9 Å². The average molecular weight is 559 g/mol. The van der Waals surface area contributed by atoms with Crippen LogP contribution in [-0.4, -0.2) is 31.1 Å². The highest BCUT2D eigenvalue weighted by molar-refractivity contribution is 14.1. The van der Waals surface area contributed by atoms with Crippen molar-refractivity contribution in [1.82, 2.24) is 19.7 Å². The zero-order chi connectivity index (χ0) is 22.3. The van der Waals surface area contributed by atoms with Crippen molar-refractivity contribution in [2.75, 3.05) is 5.32 Å². The molecule has 1 fully saturated rings. The molecule has 7 nitrogen and oxygen atoms in total. The number of halogens is 4. The second-order valence-electron chi connectivity index (χ2n) is 7.05. The Morgan fingerprint density at radius 2 is 2.06 bits per heavy atom. The molecular weight excluding hydrogens is 545 g/mol. The summed E-state index contributed by atoms with van der Waals surface area (Å²) in [6.45, 7) is -0.543. The van der Waals surface area contributed by atoms with E-state index >= 15 is 0 Å². The molecule has 1 aliphatic rings. The highest BCUT2D eigenvalue weighted by Crippen LogP contribution is 2.59. The molecule has 1 saturated carbocycles. The fourth-order valence-electron chi connectivity index (χ4n) is 3.11. The van der Waals surface area contributed by atoms with Crippen LogP contribution in [0.5, 0.6) is 0 Å². The Balaban J connectivity index is 1.70. The lowest BCUT2D eigenvalue weighted by Crippen LogP contribution is -2.31. The number of nitrogens with one attached hydrogen (secondary N) is 1. The van der Waals surface area contributed by atoms with E-state index in [1.54, 1.807) is 6.07 Å². The summed E-state index contributed by atoms with van der Waals surface area (Å²) in [5.41, 5.74) is 0.272. The first-order valence-electron chi connectivity index (χ1n) is 8.96. The summed E-state index contributed by atoms with van der Waals surface area (Å²) in [6.07, 6.45) is 2.09. The van der Waals surface area contributed by atoms with Gasteiger partial charge in [-0.2, -0.15) is 5.10 Å². The van der Waals surface area contributed by atoms with E-state index in [9.17, 15) is 22.8 Å². The molecule has 1 aliphatic carbocycles. The number of rotatable bonds is 5. The van der Waals surface area contributed by atoms with Crippen LogP contribution in [0.4, 0.5) is 19.0 Å². The van der Waals surface area contributed by atoms with Crippen molar-refractivity contribution < 1.29 is 18.0 Å². The van der Waals surface area contributed by atoms with Gasteiger partial charge in [-0.05, 0) is 52.8 Å². The third kappa shape index (κ3) is 4.77. The molecule has 31 heavy (non-hydrogen) atoms. The summed E-state index contributed by atoms with van der Waals surface area (Å²) in [7, 11) is 2.10. The van der Waals surface area contributed by atoms with Crippen LogP contribution in [0.3, 0.4) is 0 Å². The molecule has 0 aliphatic heterocycles. The Bertz CT molecular complexity index is 1230. The molecule has 0 bridgehead atoms. The Labute approximate surface area is 189 Å². The predicted molar refractivity (Wildman–Crippen MR) is 118 cm³/mol. The van der Waals surface area contributed by atoms with Crippen LogP contribution >= 0.6 is 31.8 Å². The Kier molecular flexibility index (Phi) is 5.82. The minimum absolute atomic E-state index is 0.153. The standard InChI is InChI=1S/C19H14F3IN5O2P/c20-10-1-9(2-11(23)3-10)12-4-16(30)28(27-17(12)13-5-19(13,22)31)7-15(29)26-18-14(21)6-24-8-25-18/h1-4,6,8,13H,5,7,31H2,(H,24,25,26,29). The molecule has 0 saturated heterocycles. The average Bonchev–Trinajstić information content (AvgIpc) is 3.32. The molecule has 4 rings (SSSR count). The van der Waals surface area contributed by atoms with Crippen LogP contribution < -0.4 is 10.9 Å². The molecule has 2 aromatic heterocycles. The summed E-state index contributed by atoms with van der Waals surface area (Å²) in [5, 5.41) is 4.84. The lowest BCUT2D eigenvalue weighted by molar-refractivity contribution is -0.117. The Hall–Kier alpha value is -2.40. The van der Waals surface area contributed by atoms with Gasteiger partial charge in [-0.1, -0.05) is 9.24 Å². The predicted octanol–water partition coefficient (Wildman–Crippen LogP) is 3.25. The normalized spacial score (nSPS) is 19.8. The first-order chi connectivity index (χ1) is 14.6. The molecule has 2 heterocycles. The van der Waals surface area contributed by atoms with Gasteiger partial charge in [-0.3, -0.25) is 9.59 Å². The number of hydrogen-bond donors (Lipinski definition) is 1. The number of carbonyl (C=O) groups is 1. The first-order valence-corrected chi connectivity index (χ1v) is 10.6. The van der Waals surface area contributed by atoms with Gasteiger partial charge in [-0.15, -0.1) is 0 Å². The third-order valence-electron chi connectivity index (χ3n) is 4.69. The van der Waals surface area contributed by atoms with Crippen molar-refractivity contribution in [3.05, 3.63) is 68.0 Å². The smallest absolute Gasteiger partial charge is 0.267 e. The molecule has 1 aromatic carbocycles. The van der Waals surface area contributed by atoms with E-state index in [1.165, 1.54) is 18.2 Å². The van der Waals surface area contributed by atoms with Gasteiger partial charge in [0.05, 0.1) is 11.9 Å². The molecule has 160 valence electrons. The van der Waals surface area contributed by atoms with Crippen LogP contribution in [0.1, 0.15) is 18.0 Å². The number of carbonyl (C=O) groups excluding carboxylic acids is 1. The quantitative estimate of drug-likeness (QED) is 0.383. The van der Waals surface area contributed by atoms with Crippen LogP contribution in [0.15, 0.2) is 41.6 Å². The van der Waals surface area contributed by atoms with Gasteiger partial charge in [0, 0.05) is 21.1 Å². The van der Waals surface area contributed by atoms with Gasteiger partial charge in [0.1, 0.15) is 24.1 Å². The molecule has 12 heteroatoms. The molecule has 3 atom stereocenters. The molecule has 1 amide bonds. The highest BCUT2D eigenvalue weighted by Gasteiger charge is 2.54. The minimum Gasteiger partial charge on any atom is -0.307 e. The number of aromatic nitrogens is 4. The lowest BCUT2D eigenvalue weighted by Gasteiger charge is -2.13. The molecule has 0 radical (unpaired) electrons. The summed E-state index contributed by atoms with van der Waals surface area (Å²) >= 11 is 1.94. The number of amides is 1. The zero-order valence-electron chi connectivity index (χ0n) is 15.7. The van der Waals surface area contributed by atoms with Crippen LogP contribution in [0.25, 0.3) is 11.1 Å². The van der Waals surface area contributed by atoms with E-state index in [4.69, 9.17) is 0 Å². The minimum atomic E-state index is -1.60. The van der Waals surface area contributed by atoms with E-state index in [1.807, 2.05) is 22.6 Å². The van der Waals surface area contributed by atoms with Gasteiger partial charge in [0.2, 0.25) is 5.91 Å². The van der Waals surface area contributed by atoms with E-state index in [0.717, 1.165) is 17.2 Å². The summed E-state index contributed by atoms with van der Waals surface area (Å²) < 4.78 is 43.5. The summed E-state index contributed by atoms with van der Waals surface area (Å²) in [5.74, 6) is -3.07. The number of nitrogens with zero attached hydrogens (tertiary/aromatic N) is 4. The van der Waals surface area contributed by atoms with Crippen molar-refractivity contribution in [1.29, 1.82) is 0 Å². The number of anilines is 1. The molecule has 0 spiro atoms. The number of alkyl halides is 1. The van der Waals surface area contributed by atoms with Crippen LogP contribution in [0.2, 0.25) is 0 Å². The second-order valence-corrected chi connectivity index (χ2v) is 9.25. The SMILES string of the molecule is O=C(Cn1nc(C2CC2(F)P)c(-c2cc(F)cc(I)c2)cc1=O)Nc1ncncc1F. The summed E-state index contributed by atoms with van der Waals surface area (Å²) in [6, 6.07) is 5.41. The van der Waals surface area contributed by atoms with Gasteiger partial charge >= 0.3 is 0 Å². The van der Waals surface area contributed by atoms with Crippen molar-refractivity contribution in [3.63, 3.8) is 0 Å². The van der Waals surface area contributed by atoms with Crippen molar-refractivity contribution in [2.24, 2.45) is 0 Å². The second kappa shape index (κ2) is 8.27. The third-order valence-corrected chi connectivity index (χ3v) is 5.95. The maximum atomic E-state index is 14.5. The van der Waals surface area contributed by atoms with Crippen molar-refractivity contribution in [2.45, 2.75) is 24.3 Å². The summed E-state index contributed by atoms with van der Waals surface area (Å²) in [4.78, 5) is 32.0. The van der Waals surface area contributed by atoms with Gasteiger partial charge in [-0.25, -0.2) is 27.8 Å². The van der Waals surface area contributed by atoms with Crippen molar-refractivity contribution in [3.8, 4) is 11.1 Å². The zero-order valence-corrected chi connectivity index (χ0v) is 19.0. The largest absolute Gasteiger partial charge is 0.307 e. The number of benzene rings is 1. The molecule has 1 N–H and O–H groups in total. The maximum Gasteiger partial charge on any atom is 0.267 e. The Morgan fingerprint density at radius 3 is 2.71 bits per heavy atom. The molecular formula is C19H14F3IN5O2P. The number of hydrogen-bond acceptors (Lipinski definition) is 5. The topological polar surface area (TPSA) is 89.8 Å². The van der Waals surface area contributed by atoms with E-state index in [2.05, 4.69) is 29.6 Å².